The molecule has 2 aromatic carbocycles. The third-order valence-corrected chi connectivity index (χ3v) is 5.81. The summed E-state index contributed by atoms with van der Waals surface area (Å²) in [6, 6.07) is 12.9. The SMILES string of the molecule is COc1ccc(S(N)(=O)=O)cc1C(=O)Nc1ccc(Sc2nc(C)cc(C)n2)cc1. The van der Waals surface area contributed by atoms with Crippen molar-refractivity contribution in [3.8, 4) is 5.75 Å². The number of aryl methyl sites for hydroxylation is 2. The van der Waals surface area contributed by atoms with E-state index >= 15 is 0 Å². The lowest BCUT2D eigenvalue weighted by Crippen LogP contribution is -2.16. The minimum Gasteiger partial charge on any atom is -0.496 e. The van der Waals surface area contributed by atoms with Crippen molar-refractivity contribution in [2.75, 3.05) is 12.4 Å². The summed E-state index contributed by atoms with van der Waals surface area (Å²) in [5.74, 6) is -0.283. The van der Waals surface area contributed by atoms with Gasteiger partial charge >= 0.3 is 0 Å². The number of nitrogens with zero attached hydrogens (tertiary/aromatic N) is 2. The summed E-state index contributed by atoms with van der Waals surface area (Å²) < 4.78 is 28.3. The Hall–Kier alpha value is -2.95. The van der Waals surface area contributed by atoms with E-state index in [0.29, 0.717) is 10.8 Å². The number of carbonyl (C=O) groups is 1. The smallest absolute Gasteiger partial charge is 0.259 e. The number of carbonyl (C=O) groups excluding carboxylic acids is 1. The molecule has 0 radical (unpaired) electrons. The van der Waals surface area contributed by atoms with Crippen LogP contribution in [0.3, 0.4) is 0 Å². The number of anilines is 1. The van der Waals surface area contributed by atoms with Crippen LogP contribution >= 0.6 is 11.8 Å². The topological polar surface area (TPSA) is 124 Å². The van der Waals surface area contributed by atoms with Gasteiger partial charge in [-0.25, -0.2) is 23.5 Å². The number of hydrogen-bond donors (Lipinski definition) is 2. The van der Waals surface area contributed by atoms with Crippen molar-refractivity contribution < 1.29 is 17.9 Å². The zero-order valence-corrected chi connectivity index (χ0v) is 18.2. The number of hydrogen-bond acceptors (Lipinski definition) is 7. The number of rotatable bonds is 6. The molecular weight excluding hydrogens is 424 g/mol. The fourth-order valence-corrected chi connectivity index (χ4v) is 4.09. The van der Waals surface area contributed by atoms with Crippen molar-refractivity contribution in [3.05, 3.63) is 65.5 Å². The van der Waals surface area contributed by atoms with Gasteiger partial charge in [0.25, 0.3) is 5.91 Å². The Morgan fingerprint density at radius 2 is 1.67 bits per heavy atom. The van der Waals surface area contributed by atoms with E-state index < -0.39 is 15.9 Å². The first-order valence-electron chi connectivity index (χ1n) is 8.78. The summed E-state index contributed by atoms with van der Waals surface area (Å²) in [5, 5.41) is 8.53. The van der Waals surface area contributed by atoms with Crippen molar-refractivity contribution >= 4 is 33.4 Å². The van der Waals surface area contributed by atoms with E-state index in [1.807, 2.05) is 32.0 Å². The minimum absolute atomic E-state index is 0.0612. The van der Waals surface area contributed by atoms with Crippen LogP contribution in [0, 0.1) is 13.8 Å². The number of sulfonamides is 1. The molecule has 3 aromatic rings. The number of amides is 1. The molecule has 0 unspecified atom stereocenters. The predicted octanol–water partition coefficient (Wildman–Crippen LogP) is 3.15. The average Bonchev–Trinajstić information content (AvgIpc) is 2.67. The Balaban J connectivity index is 1.77. The molecule has 1 aromatic heterocycles. The Labute approximate surface area is 178 Å². The summed E-state index contributed by atoms with van der Waals surface area (Å²) in [4.78, 5) is 22.2. The quantitative estimate of drug-likeness (QED) is 0.560. The minimum atomic E-state index is -3.95. The highest BCUT2D eigenvalue weighted by Gasteiger charge is 2.17. The van der Waals surface area contributed by atoms with Crippen molar-refractivity contribution in [1.82, 2.24) is 9.97 Å². The molecule has 0 atom stereocenters. The van der Waals surface area contributed by atoms with Gasteiger partial charge < -0.3 is 10.1 Å². The first-order chi connectivity index (χ1) is 14.2. The van der Waals surface area contributed by atoms with Crippen molar-refractivity contribution in [2.45, 2.75) is 28.8 Å². The molecule has 3 rings (SSSR count). The van der Waals surface area contributed by atoms with Gasteiger partial charge in [-0.15, -0.1) is 0 Å². The molecular formula is C20H20N4O4S2. The van der Waals surface area contributed by atoms with Crippen LogP contribution < -0.4 is 15.2 Å². The lowest BCUT2D eigenvalue weighted by molar-refractivity contribution is 0.102. The highest BCUT2D eigenvalue weighted by Crippen LogP contribution is 2.27. The van der Waals surface area contributed by atoms with Gasteiger partial charge in [0.2, 0.25) is 10.0 Å². The van der Waals surface area contributed by atoms with E-state index in [2.05, 4.69) is 15.3 Å². The lowest BCUT2D eigenvalue weighted by Gasteiger charge is -2.11. The molecule has 156 valence electrons. The average molecular weight is 445 g/mol. The number of nitrogens with two attached hydrogens (primary N) is 1. The number of aromatic nitrogens is 2. The normalized spacial score (nSPS) is 11.2. The van der Waals surface area contributed by atoms with E-state index in [4.69, 9.17) is 9.88 Å². The highest BCUT2D eigenvalue weighted by molar-refractivity contribution is 7.99. The molecule has 0 aliphatic rings. The first kappa shape index (κ1) is 21.8. The monoisotopic (exact) mass is 444 g/mol. The highest BCUT2D eigenvalue weighted by atomic mass is 32.2. The van der Waals surface area contributed by atoms with Crippen LogP contribution in [0.15, 0.2) is 63.5 Å². The van der Waals surface area contributed by atoms with Crippen LogP contribution in [-0.2, 0) is 10.0 Å². The summed E-state index contributed by atoms with van der Waals surface area (Å²) in [7, 11) is -2.56. The van der Waals surface area contributed by atoms with E-state index in [1.165, 1.54) is 37.1 Å². The Kier molecular flexibility index (Phi) is 6.40. The Morgan fingerprint density at radius 1 is 1.03 bits per heavy atom. The number of benzene rings is 2. The summed E-state index contributed by atoms with van der Waals surface area (Å²) in [6.45, 7) is 3.83. The Morgan fingerprint density at radius 3 is 2.23 bits per heavy atom. The molecule has 30 heavy (non-hydrogen) atoms. The molecule has 0 aliphatic carbocycles. The van der Waals surface area contributed by atoms with Crippen LogP contribution in [0.4, 0.5) is 5.69 Å². The Bertz CT molecular complexity index is 1180. The molecule has 1 amide bonds. The summed E-state index contributed by atoms with van der Waals surface area (Å²) in [6.07, 6.45) is 0. The largest absolute Gasteiger partial charge is 0.496 e. The van der Waals surface area contributed by atoms with Gasteiger partial charge in [-0.3, -0.25) is 4.79 Å². The number of primary sulfonamides is 1. The van der Waals surface area contributed by atoms with E-state index in [9.17, 15) is 13.2 Å². The number of ether oxygens (including phenoxy) is 1. The molecule has 3 N–H and O–H groups in total. The number of nitrogens with one attached hydrogen (secondary N) is 1. The third kappa shape index (κ3) is 5.35. The fourth-order valence-electron chi connectivity index (χ4n) is 2.69. The maximum absolute atomic E-state index is 12.7. The maximum Gasteiger partial charge on any atom is 0.259 e. The molecule has 0 aliphatic heterocycles. The second-order valence-corrected chi connectivity index (χ2v) is 9.02. The van der Waals surface area contributed by atoms with Crippen LogP contribution in [-0.4, -0.2) is 31.4 Å². The van der Waals surface area contributed by atoms with Crippen molar-refractivity contribution in [3.63, 3.8) is 0 Å². The second-order valence-electron chi connectivity index (χ2n) is 6.42. The zero-order valence-electron chi connectivity index (χ0n) is 16.5. The van der Waals surface area contributed by atoms with E-state index in [-0.39, 0.29) is 16.2 Å². The predicted molar refractivity (Wildman–Crippen MR) is 114 cm³/mol. The van der Waals surface area contributed by atoms with Gasteiger partial charge in [-0.1, -0.05) is 0 Å². The number of methoxy groups -OCH3 is 1. The lowest BCUT2D eigenvalue weighted by atomic mass is 10.2. The zero-order chi connectivity index (χ0) is 21.9. The molecule has 0 fully saturated rings. The van der Waals surface area contributed by atoms with Gasteiger partial charge in [0.1, 0.15) is 5.75 Å². The summed E-state index contributed by atoms with van der Waals surface area (Å²) in [5.41, 5.74) is 2.38. The van der Waals surface area contributed by atoms with Crippen LogP contribution in [0.2, 0.25) is 0 Å². The summed E-state index contributed by atoms with van der Waals surface area (Å²) >= 11 is 1.42. The van der Waals surface area contributed by atoms with E-state index in [1.54, 1.807) is 12.1 Å². The molecule has 0 saturated heterocycles. The van der Waals surface area contributed by atoms with Crippen LogP contribution in [0.1, 0.15) is 21.7 Å². The van der Waals surface area contributed by atoms with Crippen molar-refractivity contribution in [1.29, 1.82) is 0 Å². The standard InChI is InChI=1S/C20H20N4O4S2/c1-12-10-13(2)23-20(22-12)29-15-6-4-14(5-7-15)24-19(25)17-11-16(30(21,26)27)8-9-18(17)28-3/h4-11H,1-3H3,(H,24,25)(H2,21,26,27). The van der Waals surface area contributed by atoms with Gasteiger partial charge in [0.15, 0.2) is 5.16 Å². The third-order valence-electron chi connectivity index (χ3n) is 4.03. The van der Waals surface area contributed by atoms with Crippen LogP contribution in [0.25, 0.3) is 0 Å². The molecule has 10 heteroatoms. The molecule has 1 heterocycles. The van der Waals surface area contributed by atoms with E-state index in [0.717, 1.165) is 16.3 Å². The molecule has 8 nitrogen and oxygen atoms in total. The molecule has 0 spiro atoms. The van der Waals surface area contributed by atoms with Gasteiger partial charge in [0.05, 0.1) is 17.6 Å². The van der Waals surface area contributed by atoms with Crippen LogP contribution in [0.5, 0.6) is 5.75 Å². The fraction of sp³-hybridized carbons (Fsp3) is 0.150. The first-order valence-corrected chi connectivity index (χ1v) is 11.1. The molecule has 0 saturated carbocycles. The van der Waals surface area contributed by atoms with Crippen molar-refractivity contribution in [2.24, 2.45) is 5.14 Å². The molecule has 0 bridgehead atoms. The second kappa shape index (κ2) is 8.82. The maximum atomic E-state index is 12.7. The van der Waals surface area contributed by atoms with Gasteiger partial charge in [-0.05, 0) is 74.1 Å². The van der Waals surface area contributed by atoms with Gasteiger partial charge in [-0.2, -0.15) is 0 Å². The van der Waals surface area contributed by atoms with Gasteiger partial charge in [0, 0.05) is 22.0 Å².